The summed E-state index contributed by atoms with van der Waals surface area (Å²) < 4.78 is 175. The zero-order valence-electron chi connectivity index (χ0n) is 72.5. The quantitative estimate of drug-likeness (QED) is 0.0290. The largest absolute Gasteiger partial charge is 0.416 e. The summed E-state index contributed by atoms with van der Waals surface area (Å²) >= 11 is 19.6. The van der Waals surface area contributed by atoms with E-state index in [1.807, 2.05) is 55.9 Å². The molecule has 0 heterocycles. The van der Waals surface area contributed by atoms with Crippen molar-refractivity contribution >= 4 is 117 Å². The minimum atomic E-state index is -4.69. The van der Waals surface area contributed by atoms with Crippen LogP contribution in [0, 0.1) is 55.2 Å². The Kier molecular flexibility index (Phi) is 37.9. The second kappa shape index (κ2) is 48.1. The van der Waals surface area contributed by atoms with Gasteiger partial charge in [0.25, 0.3) is 0 Å². The minimum Gasteiger partial charge on any atom is -0.351 e. The van der Waals surface area contributed by atoms with Gasteiger partial charge in [0.15, 0.2) is 0 Å². The van der Waals surface area contributed by atoms with Crippen LogP contribution >= 0.6 is 46.6 Å². The second-order valence-corrected chi connectivity index (χ2v) is 34.5. The van der Waals surface area contributed by atoms with Crippen LogP contribution in [0.5, 0.6) is 0 Å². The number of carbonyl (C=O) groups is 8. The maximum absolute atomic E-state index is 14.3. The molecule has 12 rings (SSSR count). The van der Waals surface area contributed by atoms with Crippen LogP contribution in [-0.2, 0) is 63.1 Å². The van der Waals surface area contributed by atoms with Gasteiger partial charge < -0.3 is 21.3 Å². The number of hydrogen-bond acceptors (Lipinski definition) is 9. The number of benzene rings is 8. The number of carbonyl (C=O) groups excluding carboxylic acids is 8. The molecular formula is C100H96Cl3F13N8O8S. The van der Waals surface area contributed by atoms with Gasteiger partial charge in [-0.15, -0.1) is 37.5 Å². The van der Waals surface area contributed by atoms with Crippen LogP contribution in [0.3, 0.4) is 0 Å². The van der Waals surface area contributed by atoms with Gasteiger partial charge in [0.05, 0.1) is 27.3 Å². The Morgan fingerprint density at radius 1 is 0.346 bits per heavy atom. The summed E-state index contributed by atoms with van der Waals surface area (Å²) in [7, 11) is 0. The average molecular weight is 1920 g/mol. The van der Waals surface area contributed by atoms with Crippen LogP contribution < -0.4 is 40.9 Å². The van der Waals surface area contributed by atoms with Crippen LogP contribution in [0.15, 0.2) is 187 Å². The number of alkyl halides is 12. The van der Waals surface area contributed by atoms with E-state index in [1.165, 1.54) is 78.5 Å². The maximum atomic E-state index is 14.3. The SMILES string of the molecule is C#CC(=O)N(c1cccc(C(F)(F)F)c1)C(C(=O)NC1CCCCC1)c1ccc(C(C)C)cc1.C#CC(=O)N(c1cccc(C(F)(F)F)c1)C(C(=O)NC1CCCCC1)c1ccc(Cl)c(F)c1.C#CC(=O)N(c1cccc(C(F)(F)F)c1)C(C(=O)NC1CCCCC1)c1ccc(Cl)cc1Cl.C#CC(=O)N(c1cccc(C(F)(F)F)c1)C(C(=O)NC1CCCCC1)c1ccc(SC)cc1. The molecule has 8 aromatic rings. The average Bonchev–Trinajstić information content (AvgIpc) is 0.783. The van der Waals surface area contributed by atoms with Gasteiger partial charge in [0.1, 0.15) is 30.0 Å². The molecule has 4 unspecified atom stereocenters. The molecule has 0 spiro atoms. The normalized spacial score (nSPS) is 15.4. The van der Waals surface area contributed by atoms with E-state index < -0.39 is 124 Å². The van der Waals surface area contributed by atoms with Gasteiger partial charge in [-0.2, -0.15) is 52.7 Å². The molecule has 0 bridgehead atoms. The van der Waals surface area contributed by atoms with Crippen molar-refractivity contribution < 1.29 is 95.4 Å². The number of nitrogens with zero attached hydrogens (tertiary/aromatic N) is 4. The Balaban J connectivity index is 0.000000199. The molecule has 16 nitrogen and oxygen atoms in total. The van der Waals surface area contributed by atoms with Crippen molar-refractivity contribution in [2.75, 3.05) is 25.9 Å². The van der Waals surface area contributed by atoms with Crippen molar-refractivity contribution in [2.45, 2.75) is 226 Å². The van der Waals surface area contributed by atoms with Crippen LogP contribution in [0.1, 0.15) is 222 Å². The highest BCUT2D eigenvalue weighted by Crippen LogP contribution is 2.43. The van der Waals surface area contributed by atoms with Gasteiger partial charge in [-0.05, 0) is 219 Å². The highest BCUT2D eigenvalue weighted by molar-refractivity contribution is 7.98. The standard InChI is InChI=1S/C27H29F3N2O2.C25H25F3N2O2S.C24H21Cl2F3N2O2.C24H21ClF4N2O2/c1-4-24(33)32(23-12-8-9-21(17-23)27(28,29)30)25(20-15-13-19(14-16-20)18(2)3)26(34)31-22-10-6-5-7-11-22;1-3-22(31)30(20-11-7-8-18(16-20)25(26,27)28)23(17-12-14-21(33-2)15-13-17)24(32)29-19-9-5-4-6-10-19;1-2-21(32)31(18-10-6-7-15(13-18)24(27,28)29)22(19-12-11-16(25)14-20(19)26)23(33)30-17-8-4-3-5-9-17;1-2-21(32)31(18-10-6-7-16(14-18)24(27,28)29)22(15-11-12-19(25)20(26)13-15)23(33)30-17-8-4-3-5-9-17/h1,8-9,12-18,22,25H,5-7,10-11H2,2-3H3,(H,31,34);1,7-8,11-16,19,23H,4-6,9-10H2,2H3,(H,29,32);2*1,6-7,10-14,17,22H,3-5,8-9H2,(H,30,33). The summed E-state index contributed by atoms with van der Waals surface area (Å²) in [5.74, 6) is 1.12. The first kappa shape index (κ1) is 105. The summed E-state index contributed by atoms with van der Waals surface area (Å²) in [6.07, 6.45) is 22.9. The Labute approximate surface area is 783 Å². The highest BCUT2D eigenvalue weighted by atomic mass is 35.5. The van der Waals surface area contributed by atoms with Crippen LogP contribution in [0.4, 0.5) is 79.8 Å². The predicted octanol–water partition coefficient (Wildman–Crippen LogP) is 23.4. The smallest absolute Gasteiger partial charge is 0.351 e. The van der Waals surface area contributed by atoms with Crippen molar-refractivity contribution in [2.24, 2.45) is 0 Å². The number of rotatable bonds is 22. The zero-order chi connectivity index (χ0) is 97.2. The van der Waals surface area contributed by atoms with Crippen LogP contribution in [0.2, 0.25) is 15.1 Å². The topological polar surface area (TPSA) is 198 Å². The molecule has 0 aromatic heterocycles. The molecule has 4 N–H and O–H groups in total. The Hall–Kier alpha value is -11.9. The number of nitrogens with one attached hydrogen (secondary N) is 4. The molecule has 8 amide bonds. The molecule has 4 fully saturated rings. The van der Waals surface area contributed by atoms with E-state index in [4.69, 9.17) is 60.5 Å². The first-order valence-corrected chi connectivity index (χ1v) is 45.2. The summed E-state index contributed by atoms with van der Waals surface area (Å²) in [5, 5.41) is 11.9. The van der Waals surface area contributed by atoms with Gasteiger partial charge >= 0.3 is 48.3 Å². The molecule has 4 atom stereocenters. The monoisotopic (exact) mass is 1920 g/mol. The lowest BCUT2D eigenvalue weighted by Crippen LogP contribution is -2.47. The fraction of sp³-hybridized carbons (Fsp3) is 0.360. The molecule has 0 saturated heterocycles. The first-order valence-electron chi connectivity index (χ1n) is 42.8. The van der Waals surface area contributed by atoms with E-state index in [0.717, 1.165) is 225 Å². The number of terminal acetylenes is 4. The number of amides is 8. The molecule has 133 heavy (non-hydrogen) atoms. The van der Waals surface area contributed by atoms with E-state index >= 15 is 0 Å². The molecule has 4 aliphatic rings. The van der Waals surface area contributed by atoms with Gasteiger partial charge in [0.2, 0.25) is 23.6 Å². The van der Waals surface area contributed by atoms with Crippen molar-refractivity contribution in [3.05, 3.63) is 253 Å². The van der Waals surface area contributed by atoms with E-state index in [1.54, 1.807) is 36.4 Å². The van der Waals surface area contributed by atoms with Gasteiger partial charge in [-0.25, -0.2) is 4.39 Å². The van der Waals surface area contributed by atoms with Gasteiger partial charge in [0, 0.05) is 67.4 Å². The van der Waals surface area contributed by atoms with E-state index in [2.05, 4.69) is 21.3 Å². The number of hydrogen-bond donors (Lipinski definition) is 4. The summed E-state index contributed by atoms with van der Waals surface area (Å²) in [5.41, 5.74) is -2.30. The predicted molar refractivity (Wildman–Crippen MR) is 489 cm³/mol. The molecule has 33 heteroatoms. The molecule has 0 aliphatic heterocycles. The van der Waals surface area contributed by atoms with Gasteiger partial charge in [-0.3, -0.25) is 58.0 Å². The van der Waals surface area contributed by atoms with E-state index in [0.29, 0.717) is 16.1 Å². The second-order valence-electron chi connectivity index (χ2n) is 32.4. The third kappa shape index (κ3) is 29.0. The third-order valence-corrected chi connectivity index (χ3v) is 24.5. The van der Waals surface area contributed by atoms with Crippen molar-refractivity contribution in [3.63, 3.8) is 0 Å². The number of halogens is 16. The lowest BCUT2D eigenvalue weighted by atomic mass is 9.94. The Morgan fingerprint density at radius 2 is 0.617 bits per heavy atom. The van der Waals surface area contributed by atoms with Crippen molar-refractivity contribution in [3.8, 4) is 49.4 Å². The molecule has 4 saturated carbocycles. The minimum absolute atomic E-state index is 0.0196. The summed E-state index contributed by atoms with van der Waals surface area (Å²) in [6, 6.07) is 32.8. The van der Waals surface area contributed by atoms with Gasteiger partial charge in [-0.1, -0.05) is 198 Å². The molecule has 0 radical (unpaired) electrons. The fourth-order valence-electron chi connectivity index (χ4n) is 16.2. The molecule has 702 valence electrons. The molecule has 8 aromatic carbocycles. The number of thioether (sulfide) groups is 1. The molecular weight excluding hydrogens is 1830 g/mol. The van der Waals surface area contributed by atoms with Crippen molar-refractivity contribution in [1.82, 2.24) is 21.3 Å². The maximum Gasteiger partial charge on any atom is 0.416 e. The third-order valence-electron chi connectivity index (χ3n) is 22.9. The lowest BCUT2D eigenvalue weighted by molar-refractivity contribution is -0.138. The van der Waals surface area contributed by atoms with E-state index in [-0.39, 0.29) is 74.0 Å². The van der Waals surface area contributed by atoms with Crippen LogP contribution in [-0.4, -0.2) is 77.7 Å². The Morgan fingerprint density at radius 3 is 0.887 bits per heavy atom. The number of anilines is 4. The summed E-state index contributed by atoms with van der Waals surface area (Å²) in [6.45, 7) is 4.05. The first-order chi connectivity index (χ1) is 63.1. The highest BCUT2D eigenvalue weighted by Gasteiger charge is 2.43. The summed E-state index contributed by atoms with van der Waals surface area (Å²) in [4.78, 5) is 110. The van der Waals surface area contributed by atoms with E-state index in [9.17, 15) is 95.4 Å². The van der Waals surface area contributed by atoms with Crippen LogP contribution in [0.25, 0.3) is 0 Å². The fourth-order valence-corrected chi connectivity index (χ4v) is 17.2. The zero-order valence-corrected chi connectivity index (χ0v) is 75.6. The van der Waals surface area contributed by atoms with Crippen molar-refractivity contribution in [1.29, 1.82) is 0 Å². The Bertz CT molecular complexity index is 5590. The lowest BCUT2D eigenvalue weighted by Gasteiger charge is -2.33. The molecule has 4 aliphatic carbocycles.